The van der Waals surface area contributed by atoms with Gasteiger partial charge in [0.1, 0.15) is 0 Å². The van der Waals surface area contributed by atoms with E-state index >= 15 is 0 Å². The molecule has 0 aliphatic heterocycles. The molecule has 0 aromatic carbocycles. The molecule has 0 bridgehead atoms. The highest BCUT2D eigenvalue weighted by Gasteiger charge is 2.22. The summed E-state index contributed by atoms with van der Waals surface area (Å²) < 4.78 is 0. The fraction of sp³-hybridized carbons (Fsp3) is 1.00. The number of nitrogens with two attached hydrogens (primary N) is 1. The molecule has 3 unspecified atom stereocenters. The smallest absolute Gasteiger partial charge is 0.0139 e. The first-order chi connectivity index (χ1) is 6.09. The van der Waals surface area contributed by atoms with E-state index in [1.807, 2.05) is 0 Å². The predicted octanol–water partition coefficient (Wildman–Crippen LogP) is 1.84. The Morgan fingerprint density at radius 2 is 2.15 bits per heavy atom. The first kappa shape index (κ1) is 11.0. The van der Waals surface area contributed by atoms with Crippen LogP contribution in [-0.2, 0) is 0 Å². The van der Waals surface area contributed by atoms with Crippen molar-refractivity contribution in [2.45, 2.75) is 51.6 Å². The normalized spacial score (nSPS) is 32.1. The highest BCUT2D eigenvalue weighted by atomic mass is 15.1. The lowest BCUT2D eigenvalue weighted by atomic mass is 9.86. The van der Waals surface area contributed by atoms with Crippen LogP contribution in [0.15, 0.2) is 0 Å². The Morgan fingerprint density at radius 1 is 1.46 bits per heavy atom. The van der Waals surface area contributed by atoms with Gasteiger partial charge in [0.2, 0.25) is 0 Å². The molecule has 1 saturated carbocycles. The van der Waals surface area contributed by atoms with Crippen LogP contribution in [0.2, 0.25) is 0 Å². The van der Waals surface area contributed by atoms with Crippen LogP contribution in [0.5, 0.6) is 0 Å². The van der Waals surface area contributed by atoms with Crippen LogP contribution in [-0.4, -0.2) is 30.6 Å². The molecule has 2 N–H and O–H groups in total. The lowest BCUT2D eigenvalue weighted by molar-refractivity contribution is 0.158. The van der Waals surface area contributed by atoms with Crippen LogP contribution in [0, 0.1) is 5.92 Å². The fourth-order valence-corrected chi connectivity index (χ4v) is 2.41. The van der Waals surface area contributed by atoms with Crippen molar-refractivity contribution in [2.75, 3.05) is 13.6 Å². The van der Waals surface area contributed by atoms with Crippen molar-refractivity contribution in [3.8, 4) is 0 Å². The van der Waals surface area contributed by atoms with Crippen molar-refractivity contribution in [3.63, 3.8) is 0 Å². The zero-order valence-corrected chi connectivity index (χ0v) is 9.29. The van der Waals surface area contributed by atoms with E-state index in [2.05, 4.69) is 25.8 Å². The third-order valence-electron chi connectivity index (χ3n) is 3.11. The molecule has 1 rings (SSSR count). The van der Waals surface area contributed by atoms with Crippen molar-refractivity contribution in [1.29, 1.82) is 0 Å². The van der Waals surface area contributed by atoms with Crippen molar-refractivity contribution >= 4 is 0 Å². The van der Waals surface area contributed by atoms with Crippen LogP contribution in [0.25, 0.3) is 0 Å². The maximum absolute atomic E-state index is 5.79. The molecular weight excluding hydrogens is 160 g/mol. The van der Waals surface area contributed by atoms with Crippen molar-refractivity contribution in [3.05, 3.63) is 0 Å². The highest BCUT2D eigenvalue weighted by Crippen LogP contribution is 2.26. The minimum Gasteiger partial charge on any atom is -0.327 e. The van der Waals surface area contributed by atoms with Crippen LogP contribution in [0.4, 0.5) is 0 Å². The maximum Gasteiger partial charge on any atom is 0.0139 e. The predicted molar refractivity (Wildman–Crippen MR) is 57.7 cm³/mol. The maximum atomic E-state index is 5.79. The Balaban J connectivity index is 2.32. The molecule has 2 heteroatoms. The minimum atomic E-state index is 0.308. The standard InChI is InChI=1S/C11H24N2/c1-9-5-4-6-11(7-9)13(3)8-10(2)12/h9-11H,4-8,12H2,1-3H3. The van der Waals surface area contributed by atoms with Crippen LogP contribution >= 0.6 is 0 Å². The van der Waals surface area contributed by atoms with Crippen molar-refractivity contribution in [2.24, 2.45) is 11.7 Å². The third kappa shape index (κ3) is 3.65. The first-order valence-corrected chi connectivity index (χ1v) is 5.55. The summed E-state index contributed by atoms with van der Waals surface area (Å²) >= 11 is 0. The van der Waals surface area contributed by atoms with E-state index in [1.54, 1.807) is 0 Å². The number of likely N-dealkylation sites (N-methyl/N-ethyl adjacent to an activating group) is 1. The Hall–Kier alpha value is -0.0800. The van der Waals surface area contributed by atoms with Gasteiger partial charge in [0, 0.05) is 18.6 Å². The Kier molecular flexibility index (Phi) is 4.20. The summed E-state index contributed by atoms with van der Waals surface area (Å²) in [4.78, 5) is 2.44. The van der Waals surface area contributed by atoms with E-state index in [9.17, 15) is 0 Å². The Labute approximate surface area is 82.5 Å². The van der Waals surface area contributed by atoms with Crippen molar-refractivity contribution < 1.29 is 0 Å². The molecule has 1 aliphatic rings. The van der Waals surface area contributed by atoms with Gasteiger partial charge >= 0.3 is 0 Å². The van der Waals surface area contributed by atoms with Crippen LogP contribution in [0.3, 0.4) is 0 Å². The molecule has 0 saturated heterocycles. The number of nitrogens with zero attached hydrogens (tertiary/aromatic N) is 1. The summed E-state index contributed by atoms with van der Waals surface area (Å²) in [5, 5.41) is 0. The fourth-order valence-electron chi connectivity index (χ4n) is 2.41. The second-order valence-electron chi connectivity index (χ2n) is 4.84. The zero-order chi connectivity index (χ0) is 9.84. The molecule has 0 heterocycles. The highest BCUT2D eigenvalue weighted by molar-refractivity contribution is 4.78. The molecule has 0 spiro atoms. The van der Waals surface area contributed by atoms with E-state index in [1.165, 1.54) is 25.7 Å². The average molecular weight is 184 g/mol. The topological polar surface area (TPSA) is 29.3 Å². The van der Waals surface area contributed by atoms with Gasteiger partial charge in [-0.3, -0.25) is 0 Å². The molecule has 0 aromatic heterocycles. The van der Waals surface area contributed by atoms with Crippen molar-refractivity contribution in [1.82, 2.24) is 4.90 Å². The molecule has 0 amide bonds. The van der Waals surface area contributed by atoms with E-state index in [0.717, 1.165) is 18.5 Å². The molecule has 1 aliphatic carbocycles. The largest absolute Gasteiger partial charge is 0.327 e. The molecule has 13 heavy (non-hydrogen) atoms. The molecule has 0 aromatic rings. The summed E-state index contributed by atoms with van der Waals surface area (Å²) in [6.07, 6.45) is 5.55. The molecular formula is C11H24N2. The first-order valence-electron chi connectivity index (χ1n) is 5.55. The summed E-state index contributed by atoms with van der Waals surface area (Å²) in [5.41, 5.74) is 5.79. The second kappa shape index (κ2) is 4.97. The summed E-state index contributed by atoms with van der Waals surface area (Å²) in [6, 6.07) is 1.09. The van der Waals surface area contributed by atoms with E-state index in [-0.39, 0.29) is 0 Å². The van der Waals surface area contributed by atoms with Gasteiger partial charge in [0.05, 0.1) is 0 Å². The molecule has 1 fully saturated rings. The van der Waals surface area contributed by atoms with Gasteiger partial charge in [-0.25, -0.2) is 0 Å². The zero-order valence-electron chi connectivity index (χ0n) is 9.29. The number of hydrogen-bond donors (Lipinski definition) is 1. The van der Waals surface area contributed by atoms with Gasteiger partial charge in [-0.1, -0.05) is 19.8 Å². The summed E-state index contributed by atoms with van der Waals surface area (Å²) in [6.45, 7) is 5.49. The molecule has 2 nitrogen and oxygen atoms in total. The lowest BCUT2D eigenvalue weighted by Crippen LogP contribution is -2.41. The van der Waals surface area contributed by atoms with Gasteiger partial charge in [0.25, 0.3) is 0 Å². The van der Waals surface area contributed by atoms with E-state index in [0.29, 0.717) is 6.04 Å². The third-order valence-corrected chi connectivity index (χ3v) is 3.11. The van der Waals surface area contributed by atoms with E-state index in [4.69, 9.17) is 5.73 Å². The van der Waals surface area contributed by atoms with Crippen LogP contribution < -0.4 is 5.73 Å². The monoisotopic (exact) mass is 184 g/mol. The minimum absolute atomic E-state index is 0.308. The average Bonchev–Trinajstić information content (AvgIpc) is 2.03. The van der Waals surface area contributed by atoms with Gasteiger partial charge in [-0.15, -0.1) is 0 Å². The number of hydrogen-bond acceptors (Lipinski definition) is 2. The summed E-state index contributed by atoms with van der Waals surface area (Å²) in [5.74, 6) is 0.911. The molecule has 3 atom stereocenters. The van der Waals surface area contributed by atoms with Gasteiger partial charge in [-0.2, -0.15) is 0 Å². The SMILES string of the molecule is CC(N)CN(C)C1CCCC(C)C1. The molecule has 78 valence electrons. The second-order valence-corrected chi connectivity index (χ2v) is 4.84. The van der Waals surface area contributed by atoms with Crippen LogP contribution in [0.1, 0.15) is 39.5 Å². The Bertz CT molecular complexity index is 145. The van der Waals surface area contributed by atoms with Gasteiger partial charge in [0.15, 0.2) is 0 Å². The quantitative estimate of drug-likeness (QED) is 0.725. The van der Waals surface area contributed by atoms with Gasteiger partial charge < -0.3 is 10.6 Å². The lowest BCUT2D eigenvalue weighted by Gasteiger charge is -2.34. The van der Waals surface area contributed by atoms with Gasteiger partial charge in [-0.05, 0) is 32.7 Å². The summed E-state index contributed by atoms with van der Waals surface area (Å²) in [7, 11) is 2.21. The van der Waals surface area contributed by atoms with E-state index < -0.39 is 0 Å². The Morgan fingerprint density at radius 3 is 2.69 bits per heavy atom. The molecule has 0 radical (unpaired) electrons. The number of rotatable bonds is 3.